The van der Waals surface area contributed by atoms with E-state index in [0.29, 0.717) is 13.0 Å². The average Bonchev–Trinajstić information content (AvgIpc) is 3.34. The third-order valence-corrected chi connectivity index (χ3v) is 9.16. The van der Waals surface area contributed by atoms with Crippen molar-refractivity contribution in [1.29, 1.82) is 0 Å². The maximum absolute atomic E-state index is 11.5. The Hall–Kier alpha value is -0.760. The first-order chi connectivity index (χ1) is 21.9. The van der Waals surface area contributed by atoms with Crippen molar-refractivity contribution in [3.63, 3.8) is 0 Å². The van der Waals surface area contributed by atoms with Gasteiger partial charge in [-0.05, 0) is 26.3 Å². The molecule has 4 rings (SSSR count). The minimum atomic E-state index is -1.56. The van der Waals surface area contributed by atoms with Crippen LogP contribution in [0.3, 0.4) is 0 Å². The number of hydrogen-bond acceptors (Lipinski definition) is 19. The Morgan fingerprint density at radius 2 is 1.46 bits per heavy atom. The van der Waals surface area contributed by atoms with Gasteiger partial charge in [-0.2, -0.15) is 0 Å². The molecule has 3 heterocycles. The Balaban J connectivity index is 1.52. The number of rotatable bonds is 14. The third-order valence-electron chi connectivity index (χ3n) is 9.16. The maximum Gasteiger partial charge on any atom is 0.187 e. The zero-order valence-corrected chi connectivity index (χ0v) is 26.1. The van der Waals surface area contributed by atoms with Crippen molar-refractivity contribution in [1.82, 2.24) is 10.6 Å². The summed E-state index contributed by atoms with van der Waals surface area (Å²) >= 11 is 0. The molecule has 0 amide bonds. The van der Waals surface area contributed by atoms with Crippen LogP contribution in [0.2, 0.25) is 0 Å². The second-order valence-corrected chi connectivity index (χ2v) is 12.6. The molecule has 19 nitrogen and oxygen atoms in total. The first-order valence-electron chi connectivity index (χ1n) is 15.9. The van der Waals surface area contributed by atoms with Gasteiger partial charge < -0.3 is 98.4 Å². The van der Waals surface area contributed by atoms with Crippen molar-refractivity contribution in [2.75, 3.05) is 39.8 Å². The van der Waals surface area contributed by atoms with Gasteiger partial charge in [-0.25, -0.2) is 0 Å². The molecule has 4 fully saturated rings. The molecule has 4 aliphatic rings. The van der Waals surface area contributed by atoms with E-state index in [4.69, 9.17) is 57.1 Å². The number of nitrogens with one attached hydrogen (secondary N) is 2. The summed E-state index contributed by atoms with van der Waals surface area (Å²) in [6, 6.07) is -3.10. The van der Waals surface area contributed by atoms with Crippen LogP contribution in [0.5, 0.6) is 0 Å². The van der Waals surface area contributed by atoms with E-state index in [0.717, 1.165) is 6.42 Å². The summed E-state index contributed by atoms with van der Waals surface area (Å²) in [5.74, 6) is 0. The molecule has 46 heavy (non-hydrogen) atoms. The van der Waals surface area contributed by atoms with Crippen molar-refractivity contribution in [2.24, 2.45) is 28.7 Å². The van der Waals surface area contributed by atoms with Gasteiger partial charge in [0.2, 0.25) is 0 Å². The molecule has 1 saturated carbocycles. The zero-order valence-electron chi connectivity index (χ0n) is 26.1. The van der Waals surface area contributed by atoms with Crippen LogP contribution >= 0.6 is 0 Å². The summed E-state index contributed by atoms with van der Waals surface area (Å²) in [7, 11) is 1.80. The molecular weight excluding hydrogens is 614 g/mol. The smallest absolute Gasteiger partial charge is 0.187 e. The molecule has 18 N–H and O–H groups in total. The average molecular weight is 670 g/mol. The van der Waals surface area contributed by atoms with Crippen LogP contribution in [0, 0.1) is 0 Å². The Bertz CT molecular complexity index is 919. The van der Waals surface area contributed by atoms with Crippen molar-refractivity contribution in [3.05, 3.63) is 0 Å². The van der Waals surface area contributed by atoms with Crippen molar-refractivity contribution in [2.45, 2.75) is 129 Å². The number of aliphatic hydroxyl groups excluding tert-OH is 6. The molecule has 0 aromatic rings. The zero-order chi connectivity index (χ0) is 33.7. The lowest BCUT2D eigenvalue weighted by Crippen LogP contribution is -2.66. The molecule has 0 bridgehead atoms. The highest BCUT2D eigenvalue weighted by molar-refractivity contribution is 5.02. The minimum absolute atomic E-state index is 0.000644. The number of hydrogen-bond donors (Lipinski definition) is 13. The van der Waals surface area contributed by atoms with Gasteiger partial charge in [0.1, 0.15) is 48.8 Å². The van der Waals surface area contributed by atoms with Gasteiger partial charge in [0.05, 0.1) is 37.0 Å². The van der Waals surface area contributed by atoms with Gasteiger partial charge in [0.15, 0.2) is 18.9 Å². The van der Waals surface area contributed by atoms with Crippen LogP contribution in [0.25, 0.3) is 0 Å². The SMILES string of the molecule is CNCC1CCC(N)C(OC2C(N)CC(NCC(O)CN)C(O)C2OC2OC(CO)C(OC3OC(CN)C(O)C(O)C3N)C2O)O1. The van der Waals surface area contributed by atoms with Gasteiger partial charge in [-0.3, -0.25) is 0 Å². The standard InChI is InChI=1S/C27H55N7O12/c1-33-8-11-2-3-12(30)25(41-11)44-22-13(31)4-14(34-7-10(36)5-28)18(37)24(22)46-27-21(40)23(16(9-35)43-27)45-26-17(32)20(39)19(38)15(6-29)42-26/h10-27,33-40H,2-9,28-32H2,1H3. The van der Waals surface area contributed by atoms with Crippen molar-refractivity contribution in [3.8, 4) is 0 Å². The fourth-order valence-electron chi connectivity index (χ4n) is 6.40. The van der Waals surface area contributed by atoms with Crippen LogP contribution in [0.1, 0.15) is 19.3 Å². The number of likely N-dealkylation sites (N-methyl/N-ethyl adjacent to an activating group) is 1. The van der Waals surface area contributed by atoms with E-state index in [1.807, 2.05) is 0 Å². The lowest BCUT2D eigenvalue weighted by molar-refractivity contribution is -0.290. The first kappa shape index (κ1) is 38.0. The summed E-state index contributed by atoms with van der Waals surface area (Å²) in [5.41, 5.74) is 30.2. The van der Waals surface area contributed by atoms with Crippen LogP contribution in [-0.2, 0) is 28.4 Å². The number of aliphatic hydroxyl groups is 6. The monoisotopic (exact) mass is 669 g/mol. The van der Waals surface area contributed by atoms with E-state index in [2.05, 4.69) is 10.6 Å². The second-order valence-electron chi connectivity index (χ2n) is 12.6. The van der Waals surface area contributed by atoms with Gasteiger partial charge >= 0.3 is 0 Å². The maximum atomic E-state index is 11.5. The van der Waals surface area contributed by atoms with Crippen LogP contribution in [0.15, 0.2) is 0 Å². The topological polar surface area (TPSA) is 331 Å². The third kappa shape index (κ3) is 8.69. The summed E-state index contributed by atoms with van der Waals surface area (Å²) in [5, 5.41) is 69.7. The second kappa shape index (κ2) is 17.3. The fourth-order valence-corrected chi connectivity index (χ4v) is 6.40. The Morgan fingerprint density at radius 1 is 0.783 bits per heavy atom. The van der Waals surface area contributed by atoms with E-state index >= 15 is 0 Å². The quantitative estimate of drug-likeness (QED) is 0.0816. The van der Waals surface area contributed by atoms with Gasteiger partial charge in [-0.1, -0.05) is 0 Å². The molecule has 270 valence electrons. The molecule has 19 heteroatoms. The Kier molecular flexibility index (Phi) is 14.3. The molecule has 0 aromatic heterocycles. The normalized spacial score (nSPS) is 47.6. The molecule has 3 aliphatic heterocycles. The lowest BCUT2D eigenvalue weighted by Gasteiger charge is -2.47. The largest absolute Gasteiger partial charge is 0.394 e. The van der Waals surface area contributed by atoms with Gasteiger partial charge in [0.25, 0.3) is 0 Å². The van der Waals surface area contributed by atoms with E-state index in [1.54, 1.807) is 7.05 Å². The number of nitrogens with two attached hydrogens (primary N) is 5. The molecule has 0 spiro atoms. The highest BCUT2D eigenvalue weighted by Gasteiger charge is 2.54. The number of ether oxygens (including phenoxy) is 6. The van der Waals surface area contributed by atoms with E-state index in [-0.39, 0.29) is 32.2 Å². The molecule has 3 saturated heterocycles. The van der Waals surface area contributed by atoms with Gasteiger partial charge in [-0.15, -0.1) is 0 Å². The molecule has 0 radical (unpaired) electrons. The van der Waals surface area contributed by atoms with E-state index in [1.165, 1.54) is 0 Å². The summed E-state index contributed by atoms with van der Waals surface area (Å²) in [6.45, 7) is -0.111. The van der Waals surface area contributed by atoms with Gasteiger partial charge in [0, 0.05) is 38.3 Å². The molecule has 1 aliphatic carbocycles. The lowest BCUT2D eigenvalue weighted by atomic mass is 9.83. The summed E-state index contributed by atoms with van der Waals surface area (Å²) in [6.07, 6.45) is -14.4. The van der Waals surface area contributed by atoms with Crippen LogP contribution in [0.4, 0.5) is 0 Å². The van der Waals surface area contributed by atoms with Crippen LogP contribution in [-0.4, -0.2) is 181 Å². The molecule has 18 unspecified atom stereocenters. The van der Waals surface area contributed by atoms with Crippen molar-refractivity contribution < 1.29 is 59.1 Å². The van der Waals surface area contributed by atoms with Crippen molar-refractivity contribution >= 4 is 0 Å². The summed E-state index contributed by atoms with van der Waals surface area (Å²) < 4.78 is 36.0. The summed E-state index contributed by atoms with van der Waals surface area (Å²) in [4.78, 5) is 0. The Morgan fingerprint density at radius 3 is 2.11 bits per heavy atom. The molecule has 18 atom stereocenters. The predicted octanol–water partition coefficient (Wildman–Crippen LogP) is -7.63. The Labute approximate surface area is 267 Å². The fraction of sp³-hybridized carbons (Fsp3) is 1.00. The predicted molar refractivity (Wildman–Crippen MR) is 159 cm³/mol. The van der Waals surface area contributed by atoms with E-state index in [9.17, 15) is 30.6 Å². The van der Waals surface area contributed by atoms with Crippen LogP contribution < -0.4 is 39.3 Å². The highest BCUT2D eigenvalue weighted by atomic mass is 16.8. The molecule has 0 aromatic carbocycles. The molecular formula is C27H55N7O12. The highest BCUT2D eigenvalue weighted by Crippen LogP contribution is 2.34. The first-order valence-corrected chi connectivity index (χ1v) is 15.9. The van der Waals surface area contributed by atoms with E-state index < -0.39 is 111 Å². The minimum Gasteiger partial charge on any atom is -0.394 e.